The zero-order chi connectivity index (χ0) is 12.8. The molecule has 0 saturated carbocycles. The Hall–Kier alpha value is -1.46. The van der Waals surface area contributed by atoms with E-state index in [2.05, 4.69) is 15.2 Å². The van der Waals surface area contributed by atoms with E-state index in [4.69, 9.17) is 16.3 Å². The van der Waals surface area contributed by atoms with Crippen LogP contribution in [0.15, 0.2) is 41.0 Å². The number of aromatic amines is 1. The largest absolute Gasteiger partial charge is 0.497 e. The first-order valence-corrected chi connectivity index (χ1v) is 6.70. The molecule has 0 unspecified atom stereocenters. The predicted molar refractivity (Wildman–Crippen MR) is 74.1 cm³/mol. The lowest BCUT2D eigenvalue weighted by Crippen LogP contribution is -1.84. The van der Waals surface area contributed by atoms with Crippen LogP contribution >= 0.6 is 23.4 Å². The third-order valence-electron chi connectivity index (χ3n) is 2.23. The second kappa shape index (κ2) is 6.47. The molecule has 1 aromatic carbocycles. The van der Waals surface area contributed by atoms with Crippen molar-refractivity contribution in [2.45, 2.75) is 5.16 Å². The minimum absolute atomic E-state index is 0.704. The number of benzene rings is 1. The van der Waals surface area contributed by atoms with Gasteiger partial charge in [-0.1, -0.05) is 29.4 Å². The lowest BCUT2D eigenvalue weighted by molar-refractivity contribution is 0.415. The summed E-state index contributed by atoms with van der Waals surface area (Å²) in [6.45, 7) is 0. The number of nitrogens with zero attached hydrogens (tertiary/aromatic N) is 2. The third-order valence-corrected chi connectivity index (χ3v) is 3.20. The number of H-pyrrole nitrogens is 1. The number of rotatable bonds is 5. The van der Waals surface area contributed by atoms with Gasteiger partial charge in [-0.2, -0.15) is 0 Å². The Morgan fingerprint density at radius 1 is 1.39 bits per heavy atom. The Kier molecular flexibility index (Phi) is 4.66. The number of nitrogens with one attached hydrogen (secondary N) is 1. The van der Waals surface area contributed by atoms with Gasteiger partial charge in [0.1, 0.15) is 5.75 Å². The van der Waals surface area contributed by atoms with E-state index in [0.717, 1.165) is 22.9 Å². The van der Waals surface area contributed by atoms with E-state index >= 15 is 0 Å². The Labute approximate surface area is 114 Å². The maximum absolute atomic E-state index is 5.44. The maximum Gasteiger partial charge on any atom is 0.209 e. The highest BCUT2D eigenvalue weighted by Gasteiger charge is 2.05. The average Bonchev–Trinajstić information content (AvgIpc) is 2.88. The van der Waals surface area contributed by atoms with Crippen LogP contribution < -0.4 is 4.74 Å². The topological polar surface area (TPSA) is 50.8 Å². The fourth-order valence-corrected chi connectivity index (χ4v) is 2.15. The minimum atomic E-state index is 0.704. The number of methoxy groups -OCH3 is 1. The highest BCUT2D eigenvalue weighted by Crippen LogP contribution is 2.21. The van der Waals surface area contributed by atoms with Crippen molar-refractivity contribution in [1.82, 2.24) is 15.2 Å². The molecular formula is C12H12ClN3OS. The second-order valence-electron chi connectivity index (χ2n) is 3.37. The van der Waals surface area contributed by atoms with Crippen LogP contribution in [0.2, 0.25) is 0 Å². The minimum Gasteiger partial charge on any atom is -0.497 e. The molecule has 1 aromatic heterocycles. The molecule has 0 fully saturated rings. The highest BCUT2D eigenvalue weighted by atomic mass is 35.5. The van der Waals surface area contributed by atoms with E-state index < -0.39 is 0 Å². The Morgan fingerprint density at radius 3 is 2.83 bits per heavy atom. The number of hydrogen-bond donors (Lipinski definition) is 1. The van der Waals surface area contributed by atoms with Crippen molar-refractivity contribution in [3.8, 4) is 17.1 Å². The van der Waals surface area contributed by atoms with Crippen molar-refractivity contribution in [3.63, 3.8) is 0 Å². The molecule has 1 heterocycles. The third kappa shape index (κ3) is 3.27. The summed E-state index contributed by atoms with van der Waals surface area (Å²) in [5.74, 6) is 2.32. The van der Waals surface area contributed by atoms with Gasteiger partial charge in [0.15, 0.2) is 5.82 Å². The molecule has 0 radical (unpaired) electrons. The molecule has 6 heteroatoms. The van der Waals surface area contributed by atoms with Crippen molar-refractivity contribution < 1.29 is 4.74 Å². The lowest BCUT2D eigenvalue weighted by Gasteiger charge is -1.99. The molecule has 0 saturated heterocycles. The highest BCUT2D eigenvalue weighted by molar-refractivity contribution is 7.99. The van der Waals surface area contributed by atoms with Gasteiger partial charge < -0.3 is 4.74 Å². The molecule has 1 N–H and O–H groups in total. The van der Waals surface area contributed by atoms with Crippen molar-refractivity contribution in [2.75, 3.05) is 12.9 Å². The van der Waals surface area contributed by atoms with Gasteiger partial charge in [0.2, 0.25) is 5.16 Å². The van der Waals surface area contributed by atoms with Crippen LogP contribution in [0, 0.1) is 0 Å². The molecular weight excluding hydrogens is 270 g/mol. The van der Waals surface area contributed by atoms with E-state index in [0.29, 0.717) is 5.16 Å². The van der Waals surface area contributed by atoms with Crippen LogP contribution in [0.25, 0.3) is 11.4 Å². The van der Waals surface area contributed by atoms with Gasteiger partial charge in [-0.15, -0.1) is 5.10 Å². The van der Waals surface area contributed by atoms with Crippen LogP contribution in [-0.4, -0.2) is 28.0 Å². The summed E-state index contributed by atoms with van der Waals surface area (Å²) < 4.78 is 5.11. The summed E-state index contributed by atoms with van der Waals surface area (Å²) >= 11 is 6.96. The molecule has 0 bridgehead atoms. The molecule has 4 nitrogen and oxygen atoms in total. The SMILES string of the molecule is COc1ccc(-c2nc(SCC=CCl)n[nH]2)cc1. The van der Waals surface area contributed by atoms with Gasteiger partial charge in [0.05, 0.1) is 7.11 Å². The Balaban J connectivity index is 2.08. The maximum atomic E-state index is 5.44. The van der Waals surface area contributed by atoms with Crippen LogP contribution in [0.4, 0.5) is 0 Å². The summed E-state index contributed by atoms with van der Waals surface area (Å²) in [6, 6.07) is 7.65. The van der Waals surface area contributed by atoms with E-state index in [-0.39, 0.29) is 0 Å². The Morgan fingerprint density at radius 2 is 2.17 bits per heavy atom. The number of hydrogen-bond acceptors (Lipinski definition) is 4. The molecule has 18 heavy (non-hydrogen) atoms. The molecule has 0 aliphatic carbocycles. The van der Waals surface area contributed by atoms with Crippen molar-refractivity contribution in [3.05, 3.63) is 35.9 Å². The Bertz CT molecular complexity index is 524. The molecule has 0 aliphatic rings. The quantitative estimate of drug-likeness (QED) is 0.854. The number of halogens is 1. The van der Waals surface area contributed by atoms with E-state index in [9.17, 15) is 0 Å². The summed E-state index contributed by atoms with van der Waals surface area (Å²) in [7, 11) is 1.64. The van der Waals surface area contributed by atoms with E-state index in [1.807, 2.05) is 30.3 Å². The van der Waals surface area contributed by atoms with Gasteiger partial charge in [0.25, 0.3) is 0 Å². The smallest absolute Gasteiger partial charge is 0.209 e. The van der Waals surface area contributed by atoms with Crippen molar-refractivity contribution >= 4 is 23.4 Å². The molecule has 0 spiro atoms. The van der Waals surface area contributed by atoms with E-state index in [1.165, 1.54) is 17.3 Å². The van der Waals surface area contributed by atoms with Gasteiger partial charge in [-0.3, -0.25) is 5.10 Å². The molecule has 0 atom stereocenters. The molecule has 2 aromatic rings. The van der Waals surface area contributed by atoms with Crippen molar-refractivity contribution in [1.29, 1.82) is 0 Å². The van der Waals surface area contributed by atoms with E-state index in [1.54, 1.807) is 7.11 Å². The van der Waals surface area contributed by atoms with Gasteiger partial charge in [-0.05, 0) is 24.3 Å². The predicted octanol–water partition coefficient (Wildman–Crippen LogP) is 3.32. The number of thioether (sulfide) groups is 1. The van der Waals surface area contributed by atoms with Crippen LogP contribution in [0.3, 0.4) is 0 Å². The fraction of sp³-hybridized carbons (Fsp3) is 0.167. The number of aromatic nitrogens is 3. The first-order chi connectivity index (χ1) is 8.83. The summed E-state index contributed by atoms with van der Waals surface area (Å²) in [4.78, 5) is 4.39. The summed E-state index contributed by atoms with van der Waals surface area (Å²) in [6.07, 6.45) is 1.84. The van der Waals surface area contributed by atoms with Crippen LogP contribution in [-0.2, 0) is 0 Å². The molecule has 2 rings (SSSR count). The first kappa shape index (κ1) is 13.0. The standard InChI is InChI=1S/C12H12ClN3OS/c1-17-10-5-3-9(4-6-10)11-14-12(16-15-11)18-8-2-7-13/h2-7H,8H2,1H3,(H,14,15,16). The summed E-state index contributed by atoms with van der Waals surface area (Å²) in [5, 5.41) is 7.74. The monoisotopic (exact) mass is 281 g/mol. The second-order valence-corrected chi connectivity index (χ2v) is 4.61. The number of ether oxygens (including phenoxy) is 1. The summed E-state index contributed by atoms with van der Waals surface area (Å²) in [5.41, 5.74) is 2.47. The van der Waals surface area contributed by atoms with Crippen LogP contribution in [0.1, 0.15) is 0 Å². The zero-order valence-electron chi connectivity index (χ0n) is 9.76. The van der Waals surface area contributed by atoms with Crippen molar-refractivity contribution in [2.24, 2.45) is 0 Å². The zero-order valence-corrected chi connectivity index (χ0v) is 11.3. The van der Waals surface area contributed by atoms with Gasteiger partial charge >= 0.3 is 0 Å². The van der Waals surface area contributed by atoms with Gasteiger partial charge in [0, 0.05) is 16.9 Å². The van der Waals surface area contributed by atoms with Gasteiger partial charge in [-0.25, -0.2) is 4.98 Å². The fourth-order valence-electron chi connectivity index (χ4n) is 1.35. The molecule has 0 amide bonds. The lowest BCUT2D eigenvalue weighted by atomic mass is 10.2. The normalized spacial score (nSPS) is 11.0. The average molecular weight is 282 g/mol. The molecule has 94 valence electrons. The van der Waals surface area contributed by atoms with Crippen LogP contribution in [0.5, 0.6) is 5.75 Å². The molecule has 0 aliphatic heterocycles. The first-order valence-electron chi connectivity index (χ1n) is 5.28.